The number of hydrogen-bond donors (Lipinski definition) is 0. The summed E-state index contributed by atoms with van der Waals surface area (Å²) in [5.41, 5.74) is 2.55. The fourth-order valence-corrected chi connectivity index (χ4v) is 3.59. The van der Waals surface area contributed by atoms with Crippen molar-refractivity contribution < 1.29 is 9.53 Å². The molecule has 2 heterocycles. The first-order valence-electron chi connectivity index (χ1n) is 6.64. The Morgan fingerprint density at radius 3 is 2.81 bits per heavy atom. The molecular weight excluding hydrogens is 354 g/mol. The maximum absolute atomic E-state index is 12.7. The van der Waals surface area contributed by atoms with Gasteiger partial charge in [-0.15, -0.1) is 0 Å². The van der Waals surface area contributed by atoms with Crippen LogP contribution in [-0.4, -0.2) is 10.8 Å². The van der Waals surface area contributed by atoms with Gasteiger partial charge in [-0.2, -0.15) is 0 Å². The lowest BCUT2D eigenvalue weighted by Gasteiger charge is -2.37. The van der Waals surface area contributed by atoms with Crippen molar-refractivity contribution in [3.8, 4) is 5.75 Å². The normalized spacial score (nSPS) is 22.4. The van der Waals surface area contributed by atoms with Crippen molar-refractivity contribution in [1.82, 2.24) is 4.90 Å². The first-order chi connectivity index (χ1) is 10.1. The SMILES string of the molecule is C[C@H]1c2cc(Cl)ccc2O[C@@H]2c3ccc(Br)cc3C(=O)N21. The van der Waals surface area contributed by atoms with Crippen LogP contribution in [0, 0.1) is 0 Å². The molecule has 0 radical (unpaired) electrons. The third kappa shape index (κ3) is 1.82. The lowest BCUT2D eigenvalue weighted by atomic mass is 10.0. The van der Waals surface area contributed by atoms with Crippen LogP contribution in [0.4, 0.5) is 0 Å². The van der Waals surface area contributed by atoms with Gasteiger partial charge in [-0.25, -0.2) is 0 Å². The van der Waals surface area contributed by atoms with E-state index < -0.39 is 0 Å². The first kappa shape index (κ1) is 13.2. The van der Waals surface area contributed by atoms with Crippen LogP contribution >= 0.6 is 27.5 Å². The molecule has 2 aliphatic heterocycles. The minimum atomic E-state index is -0.357. The first-order valence-corrected chi connectivity index (χ1v) is 7.81. The number of hydrogen-bond acceptors (Lipinski definition) is 2. The van der Waals surface area contributed by atoms with Gasteiger partial charge in [0.1, 0.15) is 5.75 Å². The lowest BCUT2D eigenvalue weighted by Crippen LogP contribution is -2.37. The van der Waals surface area contributed by atoms with Crippen LogP contribution in [-0.2, 0) is 0 Å². The molecule has 2 aliphatic rings. The second-order valence-corrected chi connectivity index (χ2v) is 6.62. The molecule has 1 amide bonds. The molecule has 2 aromatic rings. The molecular formula is C16H11BrClNO2. The minimum Gasteiger partial charge on any atom is -0.466 e. The standard InChI is InChI=1S/C16H11BrClNO2/c1-8-12-7-10(18)3-5-14(12)21-16-11-4-2-9(17)6-13(11)15(20)19(8)16/h2-8,16H,1H3/t8-,16+/m0/s1. The predicted molar refractivity (Wildman–Crippen MR) is 83.5 cm³/mol. The molecule has 5 heteroatoms. The number of carbonyl (C=O) groups excluding carboxylic acids is 1. The third-order valence-corrected chi connectivity index (χ3v) is 4.81. The highest BCUT2D eigenvalue weighted by molar-refractivity contribution is 9.10. The molecule has 0 unspecified atom stereocenters. The number of carbonyl (C=O) groups is 1. The minimum absolute atomic E-state index is 0.00516. The Hall–Kier alpha value is -1.52. The summed E-state index contributed by atoms with van der Waals surface area (Å²) in [6.07, 6.45) is -0.357. The summed E-state index contributed by atoms with van der Waals surface area (Å²) in [6, 6.07) is 11.2. The van der Waals surface area contributed by atoms with E-state index in [0.29, 0.717) is 10.6 Å². The van der Waals surface area contributed by atoms with Crippen molar-refractivity contribution in [3.05, 3.63) is 62.6 Å². The van der Waals surface area contributed by atoms with Crippen LogP contribution in [0.25, 0.3) is 0 Å². The van der Waals surface area contributed by atoms with Crippen LogP contribution in [0.15, 0.2) is 40.9 Å². The van der Waals surface area contributed by atoms with Gasteiger partial charge in [-0.05, 0) is 37.3 Å². The smallest absolute Gasteiger partial charge is 0.258 e. The predicted octanol–water partition coefficient (Wildman–Crippen LogP) is 4.71. The summed E-state index contributed by atoms with van der Waals surface area (Å²) in [5.74, 6) is 0.783. The average molecular weight is 365 g/mol. The number of fused-ring (bicyclic) bond motifs is 4. The van der Waals surface area contributed by atoms with Gasteiger partial charge in [0.25, 0.3) is 5.91 Å². The molecule has 4 rings (SSSR count). The molecule has 3 nitrogen and oxygen atoms in total. The maximum Gasteiger partial charge on any atom is 0.258 e. The van der Waals surface area contributed by atoms with E-state index in [1.165, 1.54) is 0 Å². The zero-order valence-corrected chi connectivity index (χ0v) is 13.5. The highest BCUT2D eigenvalue weighted by Gasteiger charge is 2.45. The Balaban J connectivity index is 1.88. The quantitative estimate of drug-likeness (QED) is 0.677. The highest BCUT2D eigenvalue weighted by atomic mass is 79.9. The Labute approximate surface area is 135 Å². The van der Waals surface area contributed by atoms with Gasteiger partial charge >= 0.3 is 0 Å². The van der Waals surface area contributed by atoms with Crippen LogP contribution in [0.5, 0.6) is 5.75 Å². The molecule has 2 atom stereocenters. The molecule has 0 aromatic heterocycles. The number of halogens is 2. The number of nitrogens with zero attached hydrogens (tertiary/aromatic N) is 1. The monoisotopic (exact) mass is 363 g/mol. The topological polar surface area (TPSA) is 29.5 Å². The van der Waals surface area contributed by atoms with Crippen molar-refractivity contribution in [2.45, 2.75) is 19.2 Å². The van der Waals surface area contributed by atoms with E-state index in [1.807, 2.05) is 43.3 Å². The lowest BCUT2D eigenvalue weighted by molar-refractivity contribution is -0.00180. The number of benzene rings is 2. The van der Waals surface area contributed by atoms with E-state index in [9.17, 15) is 4.79 Å². The van der Waals surface area contributed by atoms with Crippen LogP contribution in [0.1, 0.15) is 40.7 Å². The molecule has 21 heavy (non-hydrogen) atoms. The Kier molecular flexibility index (Phi) is 2.81. The van der Waals surface area contributed by atoms with E-state index in [4.69, 9.17) is 16.3 Å². The zero-order chi connectivity index (χ0) is 14.7. The Morgan fingerprint density at radius 1 is 1.19 bits per heavy atom. The van der Waals surface area contributed by atoms with Gasteiger partial charge < -0.3 is 4.74 Å². The van der Waals surface area contributed by atoms with Crippen LogP contribution in [0.2, 0.25) is 5.02 Å². The maximum atomic E-state index is 12.7. The van der Waals surface area contributed by atoms with Crippen molar-refractivity contribution in [3.63, 3.8) is 0 Å². The summed E-state index contributed by atoms with van der Waals surface area (Å²) in [6.45, 7) is 2.00. The van der Waals surface area contributed by atoms with E-state index in [0.717, 1.165) is 21.3 Å². The number of ether oxygens (including phenoxy) is 1. The zero-order valence-electron chi connectivity index (χ0n) is 11.1. The largest absolute Gasteiger partial charge is 0.466 e. The van der Waals surface area contributed by atoms with E-state index >= 15 is 0 Å². The van der Waals surface area contributed by atoms with Gasteiger partial charge in [0, 0.05) is 26.2 Å². The van der Waals surface area contributed by atoms with Gasteiger partial charge in [0.2, 0.25) is 6.23 Å². The molecule has 0 aliphatic carbocycles. The molecule has 0 N–H and O–H groups in total. The summed E-state index contributed by atoms with van der Waals surface area (Å²) < 4.78 is 6.94. The summed E-state index contributed by atoms with van der Waals surface area (Å²) in [4.78, 5) is 14.5. The molecule has 0 bridgehead atoms. The summed E-state index contributed by atoms with van der Waals surface area (Å²) >= 11 is 9.48. The van der Waals surface area contributed by atoms with Crippen molar-refractivity contribution in [2.75, 3.05) is 0 Å². The Morgan fingerprint density at radius 2 is 2.00 bits per heavy atom. The van der Waals surface area contributed by atoms with Gasteiger partial charge in [-0.1, -0.05) is 33.6 Å². The van der Waals surface area contributed by atoms with Crippen LogP contribution < -0.4 is 4.74 Å². The second-order valence-electron chi connectivity index (χ2n) is 5.27. The third-order valence-electron chi connectivity index (χ3n) is 4.08. The molecule has 0 saturated heterocycles. The Bertz CT molecular complexity index is 777. The number of rotatable bonds is 0. The average Bonchev–Trinajstić information content (AvgIpc) is 2.73. The summed E-state index contributed by atoms with van der Waals surface area (Å²) in [7, 11) is 0. The molecule has 0 fully saturated rings. The summed E-state index contributed by atoms with van der Waals surface area (Å²) in [5, 5.41) is 0.648. The fraction of sp³-hybridized carbons (Fsp3) is 0.188. The van der Waals surface area contributed by atoms with E-state index in [-0.39, 0.29) is 18.2 Å². The highest BCUT2D eigenvalue weighted by Crippen LogP contribution is 2.48. The molecule has 2 aromatic carbocycles. The number of amides is 1. The van der Waals surface area contributed by atoms with Crippen molar-refractivity contribution in [1.29, 1.82) is 0 Å². The van der Waals surface area contributed by atoms with Crippen molar-refractivity contribution >= 4 is 33.4 Å². The fourth-order valence-electron chi connectivity index (χ4n) is 3.05. The second kappa shape index (κ2) is 4.49. The van der Waals surface area contributed by atoms with E-state index in [2.05, 4.69) is 15.9 Å². The molecule has 106 valence electrons. The molecule has 0 saturated carbocycles. The molecule has 0 spiro atoms. The van der Waals surface area contributed by atoms with Gasteiger partial charge in [0.05, 0.1) is 6.04 Å². The van der Waals surface area contributed by atoms with Crippen molar-refractivity contribution in [2.24, 2.45) is 0 Å². The van der Waals surface area contributed by atoms with E-state index in [1.54, 1.807) is 4.90 Å². The van der Waals surface area contributed by atoms with Crippen LogP contribution in [0.3, 0.4) is 0 Å². The van der Waals surface area contributed by atoms with Gasteiger partial charge in [-0.3, -0.25) is 9.69 Å². The van der Waals surface area contributed by atoms with Gasteiger partial charge in [0.15, 0.2) is 0 Å².